The molecule has 0 saturated carbocycles. The van der Waals surface area contributed by atoms with Crippen LogP contribution in [0.5, 0.6) is 0 Å². The van der Waals surface area contributed by atoms with Gasteiger partial charge in [0.25, 0.3) is 0 Å². The summed E-state index contributed by atoms with van der Waals surface area (Å²) in [6.45, 7) is 6.56. The van der Waals surface area contributed by atoms with Crippen LogP contribution in [0.2, 0.25) is 0 Å². The van der Waals surface area contributed by atoms with Crippen LogP contribution in [-0.4, -0.2) is 46.6 Å². The minimum atomic E-state index is -0.697. The number of nitrogens with zero attached hydrogens (tertiary/aromatic N) is 1. The minimum Gasteiger partial charge on any atom is -0.350 e. The maximum atomic E-state index is 13.2. The van der Waals surface area contributed by atoms with Gasteiger partial charge in [-0.3, -0.25) is 14.4 Å². The summed E-state index contributed by atoms with van der Waals surface area (Å²) in [5, 5.41) is 5.82. The highest BCUT2D eigenvalue weighted by atomic mass is 79.9. The number of nitrogens with one attached hydrogen (secondary N) is 2. The summed E-state index contributed by atoms with van der Waals surface area (Å²) in [7, 11) is 0. The Bertz CT molecular complexity index is 793. The van der Waals surface area contributed by atoms with Crippen molar-refractivity contribution in [2.24, 2.45) is 5.41 Å². The van der Waals surface area contributed by atoms with Crippen LogP contribution in [0.15, 0.2) is 24.3 Å². The normalized spacial score (nSPS) is 17.3. The average molecular weight is 462 g/mol. The fourth-order valence-electron chi connectivity index (χ4n) is 3.34. The molecule has 2 N–H and O–H groups in total. The Hall–Kier alpha value is -2.33. The van der Waals surface area contributed by atoms with Gasteiger partial charge in [0.15, 0.2) is 0 Å². The van der Waals surface area contributed by atoms with Crippen molar-refractivity contribution in [3.05, 3.63) is 35.4 Å². The van der Waals surface area contributed by atoms with Crippen LogP contribution >= 0.6 is 15.9 Å². The first-order valence-electron chi connectivity index (χ1n) is 9.66. The van der Waals surface area contributed by atoms with E-state index < -0.39 is 17.5 Å². The number of likely N-dealkylation sites (tertiary alicyclic amines) is 1. The Labute approximate surface area is 180 Å². The van der Waals surface area contributed by atoms with Crippen molar-refractivity contribution in [1.82, 2.24) is 15.5 Å². The smallest absolute Gasteiger partial charge is 0.246 e. The van der Waals surface area contributed by atoms with Gasteiger partial charge in [-0.1, -0.05) is 54.8 Å². The third kappa shape index (κ3) is 6.07. The molecule has 7 heteroatoms. The first-order valence-corrected chi connectivity index (χ1v) is 10.8. The number of benzene rings is 1. The second-order valence-electron chi connectivity index (χ2n) is 8.25. The molecule has 0 aliphatic carbocycles. The van der Waals surface area contributed by atoms with Crippen LogP contribution in [0.3, 0.4) is 0 Å². The lowest BCUT2D eigenvalue weighted by Gasteiger charge is -2.35. The summed E-state index contributed by atoms with van der Waals surface area (Å²) in [5.74, 6) is 1.90. The zero-order chi connectivity index (χ0) is 21.6. The van der Waals surface area contributed by atoms with Gasteiger partial charge < -0.3 is 15.5 Å². The zero-order valence-corrected chi connectivity index (χ0v) is 18.7. The number of halogens is 1. The van der Waals surface area contributed by atoms with E-state index in [0.29, 0.717) is 19.5 Å². The Morgan fingerprint density at radius 1 is 1.28 bits per heavy atom. The van der Waals surface area contributed by atoms with Crippen LogP contribution in [-0.2, 0) is 20.9 Å². The maximum Gasteiger partial charge on any atom is 0.246 e. The fourth-order valence-corrected chi connectivity index (χ4v) is 3.50. The summed E-state index contributed by atoms with van der Waals surface area (Å²) in [6.07, 6.45) is 6.72. The molecule has 6 nitrogen and oxygen atoms in total. The molecule has 0 bridgehead atoms. The van der Waals surface area contributed by atoms with Crippen molar-refractivity contribution in [3.8, 4) is 12.3 Å². The van der Waals surface area contributed by atoms with E-state index in [0.717, 1.165) is 17.5 Å². The molecule has 0 aromatic heterocycles. The Kier molecular flexibility index (Phi) is 7.86. The lowest BCUT2D eigenvalue weighted by Crippen LogP contribution is -2.57. The van der Waals surface area contributed by atoms with Gasteiger partial charge >= 0.3 is 0 Å². The molecular formula is C22H28BrN3O3. The number of carbonyl (C=O) groups is 3. The molecule has 0 radical (unpaired) electrons. The van der Waals surface area contributed by atoms with E-state index in [1.165, 1.54) is 0 Å². The van der Waals surface area contributed by atoms with Gasteiger partial charge in [-0.2, -0.15) is 0 Å². The predicted molar refractivity (Wildman–Crippen MR) is 116 cm³/mol. The molecular weight excluding hydrogens is 434 g/mol. The fraction of sp³-hybridized carbons (Fsp3) is 0.500. The van der Waals surface area contributed by atoms with Crippen molar-refractivity contribution in [1.29, 1.82) is 0 Å². The molecule has 1 fully saturated rings. The van der Waals surface area contributed by atoms with Crippen molar-refractivity contribution in [3.63, 3.8) is 0 Å². The van der Waals surface area contributed by atoms with E-state index in [9.17, 15) is 14.4 Å². The van der Waals surface area contributed by atoms with Crippen LogP contribution < -0.4 is 10.6 Å². The largest absolute Gasteiger partial charge is 0.350 e. The summed E-state index contributed by atoms with van der Waals surface area (Å²) in [4.78, 5) is 39.5. The molecule has 1 aromatic rings. The highest BCUT2D eigenvalue weighted by Crippen LogP contribution is 2.26. The molecule has 2 atom stereocenters. The van der Waals surface area contributed by atoms with Crippen LogP contribution in [0.25, 0.3) is 0 Å². The molecule has 29 heavy (non-hydrogen) atoms. The molecule has 3 amide bonds. The lowest BCUT2D eigenvalue weighted by molar-refractivity contribution is -0.143. The Morgan fingerprint density at radius 2 is 1.93 bits per heavy atom. The molecule has 0 spiro atoms. The van der Waals surface area contributed by atoms with Gasteiger partial charge in [-0.05, 0) is 36.0 Å². The van der Waals surface area contributed by atoms with Crippen molar-refractivity contribution >= 4 is 33.7 Å². The summed E-state index contributed by atoms with van der Waals surface area (Å²) < 4.78 is 0. The number of hydrogen-bond donors (Lipinski definition) is 2. The van der Waals surface area contributed by atoms with Gasteiger partial charge in [0.1, 0.15) is 12.1 Å². The highest BCUT2D eigenvalue weighted by Gasteiger charge is 2.41. The number of terminal acetylenes is 1. The summed E-state index contributed by atoms with van der Waals surface area (Å²) in [6, 6.07) is 6.17. The van der Waals surface area contributed by atoms with Gasteiger partial charge in [-0.25, -0.2) is 0 Å². The molecule has 1 aliphatic heterocycles. The van der Waals surface area contributed by atoms with E-state index >= 15 is 0 Å². The molecule has 1 aliphatic rings. The molecule has 2 unspecified atom stereocenters. The lowest BCUT2D eigenvalue weighted by atomic mass is 9.85. The number of amides is 3. The van der Waals surface area contributed by atoms with E-state index in [-0.39, 0.29) is 23.1 Å². The summed E-state index contributed by atoms with van der Waals surface area (Å²) in [5.41, 5.74) is 1.24. The van der Waals surface area contributed by atoms with Gasteiger partial charge in [-0.15, -0.1) is 6.42 Å². The Morgan fingerprint density at radius 3 is 2.48 bits per heavy atom. The van der Waals surface area contributed by atoms with Crippen molar-refractivity contribution < 1.29 is 14.4 Å². The number of carbonyl (C=O) groups excluding carboxylic acids is 3. The molecule has 156 valence electrons. The second-order valence-corrected chi connectivity index (χ2v) is 8.81. The number of rotatable bonds is 6. The van der Waals surface area contributed by atoms with Gasteiger partial charge in [0.05, 0.1) is 5.33 Å². The van der Waals surface area contributed by atoms with Crippen molar-refractivity contribution in [2.45, 2.75) is 52.2 Å². The third-order valence-corrected chi connectivity index (χ3v) is 5.47. The molecule has 2 rings (SSSR count). The highest BCUT2D eigenvalue weighted by molar-refractivity contribution is 9.09. The topological polar surface area (TPSA) is 78.5 Å². The first kappa shape index (κ1) is 23.0. The standard InChI is InChI=1S/C22H28BrN3O3/c1-5-15-8-10-16(11-9-15)14-24-20(28)17-7-6-12-26(17)21(29)19(22(2,3)4)25-18(27)13-23/h1,8-11,17,19H,6-7,12-14H2,2-4H3,(H,24,28)(H,25,27). The van der Waals surface area contributed by atoms with E-state index in [1.54, 1.807) is 4.90 Å². The number of alkyl halides is 1. The third-order valence-electron chi connectivity index (χ3n) is 4.97. The van der Waals surface area contributed by atoms with Crippen LogP contribution in [0.1, 0.15) is 44.7 Å². The van der Waals surface area contributed by atoms with E-state index in [1.807, 2.05) is 45.0 Å². The monoisotopic (exact) mass is 461 g/mol. The van der Waals surface area contributed by atoms with Crippen LogP contribution in [0.4, 0.5) is 0 Å². The zero-order valence-electron chi connectivity index (χ0n) is 17.1. The predicted octanol–water partition coefficient (Wildman–Crippen LogP) is 2.20. The van der Waals surface area contributed by atoms with Gasteiger partial charge in [0, 0.05) is 18.7 Å². The maximum absolute atomic E-state index is 13.2. The molecule has 1 aromatic carbocycles. The Balaban J connectivity index is 2.06. The van der Waals surface area contributed by atoms with E-state index in [2.05, 4.69) is 32.5 Å². The van der Waals surface area contributed by atoms with Crippen molar-refractivity contribution in [2.75, 3.05) is 11.9 Å². The summed E-state index contributed by atoms with van der Waals surface area (Å²) >= 11 is 3.12. The number of hydrogen-bond acceptors (Lipinski definition) is 3. The molecule has 1 saturated heterocycles. The quantitative estimate of drug-likeness (QED) is 0.503. The minimum absolute atomic E-state index is 0.120. The first-order chi connectivity index (χ1) is 13.7. The SMILES string of the molecule is C#Cc1ccc(CNC(=O)C2CCCN2C(=O)C(NC(=O)CBr)C(C)(C)C)cc1. The van der Waals surface area contributed by atoms with E-state index in [4.69, 9.17) is 6.42 Å². The average Bonchev–Trinajstić information content (AvgIpc) is 3.19. The van der Waals surface area contributed by atoms with Gasteiger partial charge in [0.2, 0.25) is 17.7 Å². The second kappa shape index (κ2) is 9.93. The molecule has 1 heterocycles. The van der Waals surface area contributed by atoms with Crippen LogP contribution in [0, 0.1) is 17.8 Å².